The van der Waals surface area contributed by atoms with Gasteiger partial charge in [0, 0.05) is 19.5 Å². The van der Waals surface area contributed by atoms with Crippen LogP contribution < -0.4 is 15.4 Å². The molecule has 21 heavy (non-hydrogen) atoms. The Hall–Kier alpha value is -2.23. The van der Waals surface area contributed by atoms with E-state index in [0.717, 1.165) is 18.6 Å². The Labute approximate surface area is 124 Å². The van der Waals surface area contributed by atoms with Gasteiger partial charge in [0.05, 0.1) is 7.11 Å². The molecule has 4 heteroatoms. The summed E-state index contributed by atoms with van der Waals surface area (Å²) < 4.78 is 5.35. The van der Waals surface area contributed by atoms with Crippen LogP contribution in [0.1, 0.15) is 23.5 Å². The molecule has 0 saturated carbocycles. The van der Waals surface area contributed by atoms with Crippen molar-refractivity contribution >= 4 is 16.8 Å². The first-order valence-corrected chi connectivity index (χ1v) is 7.28. The van der Waals surface area contributed by atoms with Gasteiger partial charge in [0.1, 0.15) is 5.75 Å². The van der Waals surface area contributed by atoms with E-state index in [9.17, 15) is 4.79 Å². The second-order valence-corrected chi connectivity index (χ2v) is 5.42. The van der Waals surface area contributed by atoms with Gasteiger partial charge in [-0.25, -0.2) is 4.79 Å². The molecular weight excluding hydrogens is 264 g/mol. The summed E-state index contributed by atoms with van der Waals surface area (Å²) in [7, 11) is 3.33. The summed E-state index contributed by atoms with van der Waals surface area (Å²) in [6.07, 6.45) is 2.15. The predicted octanol–water partition coefficient (Wildman–Crippen LogP) is 2.81. The maximum Gasteiger partial charge on any atom is 0.314 e. The molecule has 0 heterocycles. The fraction of sp³-hybridized carbons (Fsp3) is 0.353. The summed E-state index contributed by atoms with van der Waals surface area (Å²) >= 11 is 0. The lowest BCUT2D eigenvalue weighted by molar-refractivity contribution is 0.242. The third kappa shape index (κ3) is 2.53. The van der Waals surface area contributed by atoms with Crippen molar-refractivity contribution in [3.8, 4) is 5.75 Å². The van der Waals surface area contributed by atoms with Crippen LogP contribution in [0.4, 0.5) is 4.79 Å². The molecule has 2 aromatic carbocycles. The fourth-order valence-corrected chi connectivity index (χ4v) is 3.18. The van der Waals surface area contributed by atoms with E-state index in [1.165, 1.54) is 21.9 Å². The smallest absolute Gasteiger partial charge is 0.314 e. The number of urea groups is 1. The maximum absolute atomic E-state index is 11.4. The van der Waals surface area contributed by atoms with Crippen molar-refractivity contribution < 1.29 is 9.53 Å². The lowest BCUT2D eigenvalue weighted by Crippen LogP contribution is -2.35. The van der Waals surface area contributed by atoms with Crippen molar-refractivity contribution in [2.24, 2.45) is 0 Å². The standard InChI is InChI=1S/C17H20N2O2/c1-18-17(20)19-10-13-6-5-12-4-3-11-7-8-14(21-2)9-15(11)16(12)13/h3-4,7-9,13H,5-6,10H2,1-2H3,(H2,18,19,20). The van der Waals surface area contributed by atoms with Crippen LogP contribution in [0.15, 0.2) is 30.3 Å². The number of methoxy groups -OCH3 is 1. The van der Waals surface area contributed by atoms with Crippen molar-refractivity contribution in [1.82, 2.24) is 10.6 Å². The molecule has 0 aliphatic heterocycles. The number of hydrogen-bond donors (Lipinski definition) is 2. The third-order valence-corrected chi connectivity index (χ3v) is 4.27. The Morgan fingerprint density at radius 1 is 1.33 bits per heavy atom. The zero-order chi connectivity index (χ0) is 14.8. The van der Waals surface area contributed by atoms with Gasteiger partial charge in [-0.15, -0.1) is 0 Å². The molecule has 0 radical (unpaired) electrons. The van der Waals surface area contributed by atoms with Gasteiger partial charge in [0.15, 0.2) is 0 Å². The molecule has 4 nitrogen and oxygen atoms in total. The van der Waals surface area contributed by atoms with Crippen molar-refractivity contribution in [1.29, 1.82) is 0 Å². The van der Waals surface area contributed by atoms with Gasteiger partial charge < -0.3 is 15.4 Å². The minimum atomic E-state index is -0.124. The minimum absolute atomic E-state index is 0.124. The number of nitrogens with one attached hydrogen (secondary N) is 2. The van der Waals surface area contributed by atoms with Crippen LogP contribution in [0, 0.1) is 0 Å². The molecule has 3 rings (SSSR count). The lowest BCUT2D eigenvalue weighted by Gasteiger charge is -2.15. The van der Waals surface area contributed by atoms with Gasteiger partial charge in [0.2, 0.25) is 0 Å². The predicted molar refractivity (Wildman–Crippen MR) is 84.0 cm³/mol. The highest BCUT2D eigenvalue weighted by Gasteiger charge is 2.25. The van der Waals surface area contributed by atoms with Crippen LogP contribution in [-0.4, -0.2) is 26.7 Å². The molecule has 2 amide bonds. The number of carbonyl (C=O) groups excluding carboxylic acids is 1. The fourth-order valence-electron chi connectivity index (χ4n) is 3.18. The third-order valence-electron chi connectivity index (χ3n) is 4.27. The minimum Gasteiger partial charge on any atom is -0.497 e. The summed E-state index contributed by atoms with van der Waals surface area (Å²) in [4.78, 5) is 11.4. The van der Waals surface area contributed by atoms with E-state index in [4.69, 9.17) is 4.74 Å². The molecule has 1 atom stereocenters. The van der Waals surface area contributed by atoms with Crippen LogP contribution in [0.5, 0.6) is 5.75 Å². The van der Waals surface area contributed by atoms with E-state index in [0.29, 0.717) is 12.5 Å². The molecule has 0 fully saturated rings. The normalized spacial score (nSPS) is 16.6. The highest BCUT2D eigenvalue weighted by Crippen LogP contribution is 2.39. The average molecular weight is 284 g/mol. The molecule has 2 N–H and O–H groups in total. The SMILES string of the molecule is CNC(=O)NCC1CCc2ccc3ccc(OC)cc3c21. The molecule has 1 aliphatic rings. The van der Waals surface area contributed by atoms with Gasteiger partial charge in [0.25, 0.3) is 0 Å². The second kappa shape index (κ2) is 5.64. The van der Waals surface area contributed by atoms with E-state index in [1.807, 2.05) is 6.07 Å². The Morgan fingerprint density at radius 2 is 2.14 bits per heavy atom. The monoisotopic (exact) mass is 284 g/mol. The summed E-state index contributed by atoms with van der Waals surface area (Å²) in [6.45, 7) is 0.670. The number of hydrogen-bond acceptors (Lipinski definition) is 2. The van der Waals surface area contributed by atoms with Crippen molar-refractivity contribution in [2.75, 3.05) is 20.7 Å². The number of ether oxygens (including phenoxy) is 1. The molecule has 0 bridgehead atoms. The molecule has 2 aromatic rings. The topological polar surface area (TPSA) is 50.4 Å². The summed E-state index contributed by atoms with van der Waals surface area (Å²) in [6, 6.07) is 10.4. The quantitative estimate of drug-likeness (QED) is 0.910. The average Bonchev–Trinajstić information content (AvgIpc) is 2.95. The maximum atomic E-state index is 11.4. The van der Waals surface area contributed by atoms with Crippen LogP contribution in [0.3, 0.4) is 0 Å². The highest BCUT2D eigenvalue weighted by molar-refractivity contribution is 5.89. The van der Waals surface area contributed by atoms with Gasteiger partial charge in [-0.3, -0.25) is 0 Å². The largest absolute Gasteiger partial charge is 0.497 e. The molecule has 110 valence electrons. The number of fused-ring (bicyclic) bond motifs is 3. The Morgan fingerprint density at radius 3 is 2.90 bits per heavy atom. The molecule has 1 aliphatic carbocycles. The number of amides is 2. The summed E-state index contributed by atoms with van der Waals surface area (Å²) in [5.74, 6) is 1.24. The van der Waals surface area contributed by atoms with Crippen molar-refractivity contribution in [2.45, 2.75) is 18.8 Å². The first-order chi connectivity index (χ1) is 10.2. The number of carbonyl (C=O) groups is 1. The first kappa shape index (κ1) is 13.7. The van der Waals surface area contributed by atoms with E-state index in [1.54, 1.807) is 14.2 Å². The zero-order valence-corrected chi connectivity index (χ0v) is 12.4. The molecular formula is C17H20N2O2. The Bertz CT molecular complexity index is 682. The highest BCUT2D eigenvalue weighted by atomic mass is 16.5. The number of benzene rings is 2. The zero-order valence-electron chi connectivity index (χ0n) is 12.4. The first-order valence-electron chi connectivity index (χ1n) is 7.28. The summed E-state index contributed by atoms with van der Waals surface area (Å²) in [5.41, 5.74) is 2.75. The molecule has 0 saturated heterocycles. The molecule has 0 aromatic heterocycles. The van der Waals surface area contributed by atoms with Crippen LogP contribution >= 0.6 is 0 Å². The Balaban J connectivity index is 1.98. The van der Waals surface area contributed by atoms with Crippen molar-refractivity contribution in [3.05, 3.63) is 41.5 Å². The van der Waals surface area contributed by atoms with Crippen LogP contribution in [0.2, 0.25) is 0 Å². The van der Waals surface area contributed by atoms with Crippen LogP contribution in [-0.2, 0) is 6.42 Å². The molecule has 0 spiro atoms. The van der Waals surface area contributed by atoms with E-state index >= 15 is 0 Å². The summed E-state index contributed by atoms with van der Waals surface area (Å²) in [5, 5.41) is 7.99. The Kier molecular flexibility index (Phi) is 3.69. The lowest BCUT2D eigenvalue weighted by atomic mass is 9.94. The van der Waals surface area contributed by atoms with Crippen molar-refractivity contribution in [3.63, 3.8) is 0 Å². The number of rotatable bonds is 3. The van der Waals surface area contributed by atoms with E-state index in [2.05, 4.69) is 34.9 Å². The molecule has 1 unspecified atom stereocenters. The second-order valence-electron chi connectivity index (χ2n) is 5.42. The van der Waals surface area contributed by atoms with E-state index < -0.39 is 0 Å². The van der Waals surface area contributed by atoms with Gasteiger partial charge >= 0.3 is 6.03 Å². The number of aryl methyl sites for hydroxylation is 1. The van der Waals surface area contributed by atoms with Crippen LogP contribution in [0.25, 0.3) is 10.8 Å². The van der Waals surface area contributed by atoms with E-state index in [-0.39, 0.29) is 6.03 Å². The van der Waals surface area contributed by atoms with Gasteiger partial charge in [-0.1, -0.05) is 18.2 Å². The van der Waals surface area contributed by atoms with Gasteiger partial charge in [-0.05, 0) is 46.9 Å². The van der Waals surface area contributed by atoms with Gasteiger partial charge in [-0.2, -0.15) is 0 Å².